The van der Waals surface area contributed by atoms with E-state index < -0.39 is 5.97 Å². The number of aromatic carboxylic acids is 1. The van der Waals surface area contributed by atoms with Crippen molar-refractivity contribution in [3.8, 4) is 0 Å². The summed E-state index contributed by atoms with van der Waals surface area (Å²) in [6, 6.07) is 7.26. The monoisotopic (exact) mass is 202 g/mol. The molecule has 0 unspecified atom stereocenters. The van der Waals surface area contributed by atoms with Gasteiger partial charge in [-0.05, 0) is 18.6 Å². The SMILES string of the molecule is CCc1nc2ccccc2nc1C(=O)O. The van der Waals surface area contributed by atoms with Crippen molar-refractivity contribution < 1.29 is 9.90 Å². The fourth-order valence-corrected chi connectivity index (χ4v) is 1.45. The van der Waals surface area contributed by atoms with Crippen LogP contribution in [0.4, 0.5) is 0 Å². The smallest absolute Gasteiger partial charge is 0.356 e. The van der Waals surface area contributed by atoms with E-state index in [1.54, 1.807) is 6.07 Å². The number of aryl methyl sites for hydroxylation is 1. The van der Waals surface area contributed by atoms with Gasteiger partial charge in [-0.3, -0.25) is 0 Å². The Morgan fingerprint density at radius 2 is 1.87 bits per heavy atom. The third kappa shape index (κ3) is 1.66. The maximum absolute atomic E-state index is 10.9. The molecular formula is C11H10N2O2. The Labute approximate surface area is 86.6 Å². The van der Waals surface area contributed by atoms with Crippen LogP contribution in [0.15, 0.2) is 24.3 Å². The Morgan fingerprint density at radius 3 is 2.40 bits per heavy atom. The average molecular weight is 202 g/mol. The number of hydrogen-bond acceptors (Lipinski definition) is 3. The number of carboxylic acids is 1. The molecule has 4 nitrogen and oxygen atoms in total. The van der Waals surface area contributed by atoms with Gasteiger partial charge in [-0.1, -0.05) is 19.1 Å². The Balaban J connectivity index is 2.74. The highest BCUT2D eigenvalue weighted by Crippen LogP contribution is 2.13. The highest BCUT2D eigenvalue weighted by molar-refractivity contribution is 5.89. The molecule has 0 bridgehead atoms. The van der Waals surface area contributed by atoms with E-state index in [1.807, 2.05) is 25.1 Å². The van der Waals surface area contributed by atoms with Gasteiger partial charge in [-0.15, -0.1) is 0 Å². The fraction of sp³-hybridized carbons (Fsp3) is 0.182. The summed E-state index contributed by atoms with van der Waals surface area (Å²) in [6.07, 6.45) is 0.569. The Bertz CT molecular complexity index is 523. The van der Waals surface area contributed by atoms with Crippen molar-refractivity contribution in [3.63, 3.8) is 0 Å². The highest BCUT2D eigenvalue weighted by atomic mass is 16.4. The molecule has 0 aliphatic heterocycles. The molecule has 2 aromatic rings. The molecule has 0 fully saturated rings. The summed E-state index contributed by atoms with van der Waals surface area (Å²) < 4.78 is 0. The zero-order chi connectivity index (χ0) is 10.8. The van der Waals surface area contributed by atoms with Gasteiger partial charge in [0.15, 0.2) is 5.69 Å². The lowest BCUT2D eigenvalue weighted by Crippen LogP contribution is -2.07. The average Bonchev–Trinajstić information content (AvgIpc) is 2.27. The predicted octanol–water partition coefficient (Wildman–Crippen LogP) is 1.89. The first-order chi connectivity index (χ1) is 7.22. The molecule has 0 atom stereocenters. The molecule has 0 radical (unpaired) electrons. The molecule has 1 heterocycles. The van der Waals surface area contributed by atoms with Gasteiger partial charge >= 0.3 is 5.97 Å². The van der Waals surface area contributed by atoms with Crippen molar-refractivity contribution in [1.29, 1.82) is 0 Å². The Hall–Kier alpha value is -1.97. The van der Waals surface area contributed by atoms with Crippen LogP contribution in [-0.2, 0) is 6.42 Å². The van der Waals surface area contributed by atoms with E-state index in [2.05, 4.69) is 9.97 Å². The molecule has 0 amide bonds. The van der Waals surface area contributed by atoms with E-state index in [4.69, 9.17) is 5.11 Å². The van der Waals surface area contributed by atoms with Crippen LogP contribution in [0.3, 0.4) is 0 Å². The number of carboxylic acid groups (broad SMARTS) is 1. The summed E-state index contributed by atoms with van der Waals surface area (Å²) in [4.78, 5) is 19.3. The second-order valence-corrected chi connectivity index (χ2v) is 3.17. The zero-order valence-corrected chi connectivity index (χ0v) is 8.27. The summed E-state index contributed by atoms with van der Waals surface area (Å²) in [6.45, 7) is 1.87. The van der Waals surface area contributed by atoms with Crippen LogP contribution in [0.25, 0.3) is 11.0 Å². The van der Waals surface area contributed by atoms with E-state index >= 15 is 0 Å². The number of hydrogen-bond donors (Lipinski definition) is 1. The van der Waals surface area contributed by atoms with Crippen LogP contribution in [0.2, 0.25) is 0 Å². The number of benzene rings is 1. The molecular weight excluding hydrogens is 192 g/mol. The number of para-hydroxylation sites is 2. The first-order valence-corrected chi connectivity index (χ1v) is 4.71. The van der Waals surface area contributed by atoms with Gasteiger partial charge in [0, 0.05) is 0 Å². The molecule has 0 spiro atoms. The van der Waals surface area contributed by atoms with Crippen LogP contribution in [0.1, 0.15) is 23.1 Å². The molecule has 0 aliphatic carbocycles. The standard InChI is InChI=1S/C11H10N2O2/c1-2-7-10(11(14)15)13-9-6-4-3-5-8(9)12-7/h3-6H,2H2,1H3,(H,14,15). The number of fused-ring (bicyclic) bond motifs is 1. The highest BCUT2D eigenvalue weighted by Gasteiger charge is 2.13. The fourth-order valence-electron chi connectivity index (χ4n) is 1.45. The van der Waals surface area contributed by atoms with Gasteiger partial charge in [0.2, 0.25) is 0 Å². The van der Waals surface area contributed by atoms with Gasteiger partial charge in [-0.2, -0.15) is 0 Å². The minimum absolute atomic E-state index is 0.0520. The first kappa shape index (κ1) is 9.58. The van der Waals surface area contributed by atoms with E-state index in [9.17, 15) is 4.79 Å². The predicted molar refractivity (Wildman–Crippen MR) is 55.9 cm³/mol. The lowest BCUT2D eigenvalue weighted by atomic mass is 10.2. The molecule has 4 heteroatoms. The molecule has 2 rings (SSSR count). The Morgan fingerprint density at radius 1 is 1.27 bits per heavy atom. The van der Waals surface area contributed by atoms with Crippen LogP contribution >= 0.6 is 0 Å². The van der Waals surface area contributed by atoms with Crippen LogP contribution in [0.5, 0.6) is 0 Å². The second-order valence-electron chi connectivity index (χ2n) is 3.17. The first-order valence-electron chi connectivity index (χ1n) is 4.71. The van der Waals surface area contributed by atoms with Crippen molar-refractivity contribution in [2.75, 3.05) is 0 Å². The minimum Gasteiger partial charge on any atom is -0.476 e. The zero-order valence-electron chi connectivity index (χ0n) is 8.27. The maximum atomic E-state index is 10.9. The van der Waals surface area contributed by atoms with Gasteiger partial charge in [0.25, 0.3) is 0 Å². The molecule has 76 valence electrons. The molecule has 0 aliphatic rings. The Kier molecular flexibility index (Phi) is 2.33. The molecule has 15 heavy (non-hydrogen) atoms. The van der Waals surface area contributed by atoms with Gasteiger partial charge in [0.1, 0.15) is 0 Å². The topological polar surface area (TPSA) is 63.1 Å². The number of carbonyl (C=O) groups is 1. The van der Waals surface area contributed by atoms with Crippen molar-refractivity contribution in [2.45, 2.75) is 13.3 Å². The second kappa shape index (κ2) is 3.65. The normalized spacial score (nSPS) is 10.5. The quantitative estimate of drug-likeness (QED) is 0.807. The van der Waals surface area contributed by atoms with E-state index in [0.717, 1.165) is 5.52 Å². The third-order valence-corrected chi connectivity index (χ3v) is 2.18. The summed E-state index contributed by atoms with van der Waals surface area (Å²) in [5, 5.41) is 8.95. The molecule has 0 saturated heterocycles. The molecule has 1 N–H and O–H groups in total. The summed E-state index contributed by atoms with van der Waals surface area (Å²) in [5.41, 5.74) is 1.93. The summed E-state index contributed by atoms with van der Waals surface area (Å²) >= 11 is 0. The van der Waals surface area contributed by atoms with E-state index in [-0.39, 0.29) is 5.69 Å². The van der Waals surface area contributed by atoms with Gasteiger partial charge in [0.05, 0.1) is 16.7 Å². The summed E-state index contributed by atoms with van der Waals surface area (Å²) in [7, 11) is 0. The minimum atomic E-state index is -1.02. The van der Waals surface area contributed by atoms with E-state index in [0.29, 0.717) is 17.6 Å². The van der Waals surface area contributed by atoms with Crippen molar-refractivity contribution in [1.82, 2.24) is 9.97 Å². The maximum Gasteiger partial charge on any atom is 0.356 e. The summed E-state index contributed by atoms with van der Waals surface area (Å²) in [5.74, 6) is -1.02. The lowest BCUT2D eigenvalue weighted by Gasteiger charge is -2.03. The molecule has 0 saturated carbocycles. The van der Waals surface area contributed by atoms with Crippen LogP contribution < -0.4 is 0 Å². The number of rotatable bonds is 2. The number of aromatic nitrogens is 2. The molecule has 1 aromatic carbocycles. The van der Waals surface area contributed by atoms with Gasteiger partial charge in [-0.25, -0.2) is 14.8 Å². The third-order valence-electron chi connectivity index (χ3n) is 2.18. The number of nitrogens with zero attached hydrogens (tertiary/aromatic N) is 2. The van der Waals surface area contributed by atoms with Crippen LogP contribution in [-0.4, -0.2) is 21.0 Å². The largest absolute Gasteiger partial charge is 0.476 e. The van der Waals surface area contributed by atoms with Crippen molar-refractivity contribution in [2.24, 2.45) is 0 Å². The van der Waals surface area contributed by atoms with Crippen molar-refractivity contribution in [3.05, 3.63) is 35.7 Å². The lowest BCUT2D eigenvalue weighted by molar-refractivity contribution is 0.0689. The van der Waals surface area contributed by atoms with E-state index in [1.165, 1.54) is 0 Å². The van der Waals surface area contributed by atoms with Crippen LogP contribution in [0, 0.1) is 0 Å². The van der Waals surface area contributed by atoms with Crippen molar-refractivity contribution >= 4 is 17.0 Å². The van der Waals surface area contributed by atoms with Gasteiger partial charge < -0.3 is 5.11 Å². The molecule has 1 aromatic heterocycles.